The van der Waals surface area contributed by atoms with Crippen LogP contribution in [0.25, 0.3) is 37.0 Å². The number of thiophene rings is 1. The first-order valence-corrected chi connectivity index (χ1v) is 16.9. The van der Waals surface area contributed by atoms with Crippen LogP contribution in [0.2, 0.25) is 0 Å². The number of nitrogens with zero attached hydrogens (tertiary/aromatic N) is 6. The fourth-order valence-corrected chi connectivity index (χ4v) is 8.91. The van der Waals surface area contributed by atoms with Crippen LogP contribution in [0.15, 0.2) is 43.0 Å². The molecule has 4 atom stereocenters. The summed E-state index contributed by atoms with van der Waals surface area (Å²) in [5.74, 6) is 0.0229. The topological polar surface area (TPSA) is 101 Å². The molecule has 4 aromatic rings. The minimum absolute atomic E-state index is 0.128. The smallest absolute Gasteiger partial charge is 0.319 e. The second-order valence-electron chi connectivity index (χ2n) is 12.9. The first kappa shape index (κ1) is 32.2. The first-order chi connectivity index (χ1) is 23.2. The number of carbonyl (C=O) groups is 1. The van der Waals surface area contributed by atoms with Gasteiger partial charge < -0.3 is 25.0 Å². The molecule has 13 heteroatoms. The molecular weight excluding hydrogens is 636 g/mol. The Morgan fingerprint density at radius 1 is 1.31 bits per heavy atom. The highest BCUT2D eigenvalue weighted by molar-refractivity contribution is 7.23. The number of anilines is 2. The van der Waals surface area contributed by atoms with E-state index in [1.54, 1.807) is 18.1 Å². The van der Waals surface area contributed by atoms with E-state index >= 15 is 0 Å². The molecule has 2 aromatic carbocycles. The van der Waals surface area contributed by atoms with Gasteiger partial charge in [-0.2, -0.15) is 9.97 Å². The average Bonchev–Trinajstić information content (AvgIpc) is 3.83. The summed E-state index contributed by atoms with van der Waals surface area (Å²) in [5, 5.41) is 1.48. The standard InChI is InChI=1S/C35H37F2N7O3S/c1-5-28(45)44-14-11-26(27(44)18-46-4)42(3)33-23-8-7-20(22-9-10-24(37)31-29(22)30(39-2)32(38)48-31)15-25(23)40-34(41-33)47-19-35-12-6-13-43(35)17-21(36)16-35/h5,7-10,15,21,26-27H,1,6,11-14,16-19,38H2,3-4H3. The van der Waals surface area contributed by atoms with Crippen molar-refractivity contribution in [3.8, 4) is 17.1 Å². The molecule has 0 spiro atoms. The maximum atomic E-state index is 14.9. The molecule has 7 rings (SSSR count). The molecule has 3 aliphatic rings. The molecule has 2 N–H and O–H groups in total. The van der Waals surface area contributed by atoms with E-state index in [-0.39, 0.29) is 46.8 Å². The van der Waals surface area contributed by atoms with Gasteiger partial charge in [0.1, 0.15) is 24.4 Å². The zero-order valence-electron chi connectivity index (χ0n) is 26.9. The second kappa shape index (κ2) is 12.6. The number of ether oxygens (including phenoxy) is 2. The third kappa shape index (κ3) is 5.32. The van der Waals surface area contributed by atoms with Gasteiger partial charge in [0.25, 0.3) is 0 Å². The molecule has 5 heterocycles. The molecule has 0 aliphatic carbocycles. The number of hydrogen-bond acceptors (Lipinski definition) is 9. The highest BCUT2D eigenvalue weighted by Crippen LogP contribution is 2.47. The molecule has 3 saturated heterocycles. The van der Waals surface area contributed by atoms with Crippen molar-refractivity contribution >= 4 is 54.7 Å². The average molecular weight is 674 g/mol. The minimum Gasteiger partial charge on any atom is -0.461 e. The number of hydrogen-bond donors (Lipinski definition) is 1. The summed E-state index contributed by atoms with van der Waals surface area (Å²) in [4.78, 5) is 32.2. The Bertz CT molecular complexity index is 1960. The maximum absolute atomic E-state index is 14.9. The van der Waals surface area contributed by atoms with Crippen molar-refractivity contribution in [2.24, 2.45) is 0 Å². The largest absolute Gasteiger partial charge is 0.461 e. The molecule has 0 bridgehead atoms. The van der Waals surface area contributed by atoms with Crippen molar-refractivity contribution in [3.63, 3.8) is 0 Å². The molecular formula is C35H37F2N7O3S. The number of alkyl halides is 1. The number of benzene rings is 2. The molecule has 3 fully saturated rings. The normalized spacial score (nSPS) is 23.9. The number of likely N-dealkylation sites (N-methyl/N-ethyl adjacent to an activating group) is 1. The van der Waals surface area contributed by atoms with Crippen molar-refractivity contribution in [2.45, 2.75) is 49.5 Å². The predicted octanol–water partition coefficient (Wildman–Crippen LogP) is 5.98. The fourth-order valence-electron chi connectivity index (χ4n) is 7.97. The summed E-state index contributed by atoms with van der Waals surface area (Å²) in [7, 11) is 3.56. The third-order valence-electron chi connectivity index (χ3n) is 10.2. The number of rotatable bonds is 9. The molecule has 2 aromatic heterocycles. The highest BCUT2D eigenvalue weighted by atomic mass is 32.1. The predicted molar refractivity (Wildman–Crippen MR) is 184 cm³/mol. The molecule has 4 unspecified atom stereocenters. The lowest BCUT2D eigenvalue weighted by Gasteiger charge is -2.34. The first-order valence-electron chi connectivity index (χ1n) is 16.0. The summed E-state index contributed by atoms with van der Waals surface area (Å²) in [5.41, 5.74) is 7.95. The lowest BCUT2D eigenvalue weighted by atomic mass is 9.95. The number of aromatic nitrogens is 2. The van der Waals surface area contributed by atoms with Crippen LogP contribution in [0.4, 0.5) is 25.3 Å². The van der Waals surface area contributed by atoms with Crippen LogP contribution in [-0.2, 0) is 9.53 Å². The number of nitrogens with two attached hydrogens (primary N) is 1. The molecule has 0 saturated carbocycles. The van der Waals surface area contributed by atoms with E-state index < -0.39 is 12.0 Å². The SMILES string of the molecule is [C-]#[N+]c1c(N)sc2c(F)ccc(-c3ccc4c(N(C)C5CCN(C(=O)C=C)C5COC)nc(OCC56CCCN5CC(F)C6)nc4c3)c12. The summed E-state index contributed by atoms with van der Waals surface area (Å²) in [6, 6.07) is 8.54. The van der Waals surface area contributed by atoms with Gasteiger partial charge in [-0.15, -0.1) is 11.3 Å². The lowest BCUT2D eigenvalue weighted by Crippen LogP contribution is -2.48. The summed E-state index contributed by atoms with van der Waals surface area (Å²) >= 11 is 1.06. The lowest BCUT2D eigenvalue weighted by molar-refractivity contribution is -0.127. The van der Waals surface area contributed by atoms with Gasteiger partial charge in [-0.3, -0.25) is 9.69 Å². The number of amides is 1. The van der Waals surface area contributed by atoms with E-state index in [4.69, 9.17) is 31.7 Å². The Morgan fingerprint density at radius 3 is 2.92 bits per heavy atom. The van der Waals surface area contributed by atoms with Crippen LogP contribution in [0.3, 0.4) is 0 Å². The van der Waals surface area contributed by atoms with E-state index in [9.17, 15) is 13.6 Å². The van der Waals surface area contributed by atoms with Crippen LogP contribution >= 0.6 is 11.3 Å². The quantitative estimate of drug-likeness (QED) is 0.171. The van der Waals surface area contributed by atoms with Gasteiger partial charge in [0.05, 0.1) is 46.0 Å². The summed E-state index contributed by atoms with van der Waals surface area (Å²) < 4.78 is 41.7. The Morgan fingerprint density at radius 2 is 2.15 bits per heavy atom. The monoisotopic (exact) mass is 673 g/mol. The molecule has 48 heavy (non-hydrogen) atoms. The van der Waals surface area contributed by atoms with Crippen molar-refractivity contribution < 1.29 is 23.0 Å². The third-order valence-corrected chi connectivity index (χ3v) is 11.3. The minimum atomic E-state index is -0.893. The molecule has 3 aliphatic heterocycles. The Balaban J connectivity index is 1.33. The van der Waals surface area contributed by atoms with Crippen LogP contribution in [0.1, 0.15) is 25.7 Å². The number of halogens is 2. The maximum Gasteiger partial charge on any atom is 0.319 e. The van der Waals surface area contributed by atoms with Gasteiger partial charge in [0.2, 0.25) is 11.6 Å². The Hall–Kier alpha value is -4.38. The van der Waals surface area contributed by atoms with E-state index in [0.29, 0.717) is 59.5 Å². The Kier molecular flexibility index (Phi) is 8.43. The van der Waals surface area contributed by atoms with Crippen LogP contribution in [-0.4, -0.2) is 96.5 Å². The van der Waals surface area contributed by atoms with Crippen molar-refractivity contribution in [3.05, 3.63) is 60.2 Å². The second-order valence-corrected chi connectivity index (χ2v) is 13.9. The van der Waals surface area contributed by atoms with E-state index in [1.807, 2.05) is 25.2 Å². The highest BCUT2D eigenvalue weighted by Gasteiger charge is 2.49. The number of methoxy groups -OCH3 is 1. The molecule has 250 valence electrons. The van der Waals surface area contributed by atoms with E-state index in [0.717, 1.165) is 41.7 Å². The van der Waals surface area contributed by atoms with Gasteiger partial charge >= 0.3 is 6.01 Å². The van der Waals surface area contributed by atoms with Gasteiger partial charge in [0, 0.05) is 44.4 Å². The zero-order chi connectivity index (χ0) is 33.7. The van der Waals surface area contributed by atoms with Gasteiger partial charge in [0.15, 0.2) is 0 Å². The molecule has 0 radical (unpaired) electrons. The Labute approximate surface area is 281 Å². The van der Waals surface area contributed by atoms with Gasteiger partial charge in [-0.25, -0.2) is 13.6 Å². The molecule has 10 nitrogen and oxygen atoms in total. The van der Waals surface area contributed by atoms with Crippen LogP contribution in [0.5, 0.6) is 6.01 Å². The zero-order valence-corrected chi connectivity index (χ0v) is 27.7. The fraction of sp³-hybridized carbons (Fsp3) is 0.429. The molecule has 1 amide bonds. The van der Waals surface area contributed by atoms with Crippen LogP contribution < -0.4 is 15.4 Å². The van der Waals surface area contributed by atoms with E-state index in [1.165, 1.54) is 12.1 Å². The number of nitrogen functional groups attached to an aromatic ring is 1. The van der Waals surface area contributed by atoms with Crippen LogP contribution in [0, 0.1) is 12.4 Å². The number of likely N-dealkylation sites (tertiary alicyclic amines) is 1. The van der Waals surface area contributed by atoms with Gasteiger partial charge in [-0.05, 0) is 61.2 Å². The van der Waals surface area contributed by atoms with Crippen molar-refractivity contribution in [1.29, 1.82) is 0 Å². The van der Waals surface area contributed by atoms with E-state index in [2.05, 4.69) is 21.2 Å². The summed E-state index contributed by atoms with van der Waals surface area (Å²) in [6.07, 6.45) is 3.37. The number of carbonyl (C=O) groups excluding carboxylic acids is 1. The summed E-state index contributed by atoms with van der Waals surface area (Å²) in [6.45, 7) is 13.8. The number of fused-ring (bicyclic) bond motifs is 3. The van der Waals surface area contributed by atoms with Gasteiger partial charge in [-0.1, -0.05) is 18.7 Å². The van der Waals surface area contributed by atoms with Crippen molar-refractivity contribution in [2.75, 3.05) is 57.6 Å². The van der Waals surface area contributed by atoms with Crippen molar-refractivity contribution in [1.82, 2.24) is 19.8 Å².